The first kappa shape index (κ1) is 13.3. The van der Waals surface area contributed by atoms with E-state index in [2.05, 4.69) is 10.2 Å². The maximum absolute atomic E-state index is 13.6. The van der Waals surface area contributed by atoms with Crippen molar-refractivity contribution in [3.05, 3.63) is 29.6 Å². The van der Waals surface area contributed by atoms with E-state index in [-0.39, 0.29) is 5.82 Å². The Kier molecular flexibility index (Phi) is 4.55. The third-order valence-electron chi connectivity index (χ3n) is 3.62. The molecule has 1 heterocycles. The molecule has 0 bridgehead atoms. The van der Waals surface area contributed by atoms with Gasteiger partial charge >= 0.3 is 0 Å². The highest BCUT2D eigenvalue weighted by Crippen LogP contribution is 2.20. The zero-order valence-electron chi connectivity index (χ0n) is 11.1. The molecule has 0 amide bonds. The van der Waals surface area contributed by atoms with Gasteiger partial charge in [-0.25, -0.2) is 4.39 Å². The first-order chi connectivity index (χ1) is 8.72. The summed E-state index contributed by atoms with van der Waals surface area (Å²) < 4.78 is 18.5. The lowest BCUT2D eigenvalue weighted by Gasteiger charge is -2.31. The molecule has 18 heavy (non-hydrogen) atoms. The number of ether oxygens (including phenoxy) is 1. The van der Waals surface area contributed by atoms with Crippen LogP contribution in [-0.4, -0.2) is 38.2 Å². The second-order valence-electron chi connectivity index (χ2n) is 4.81. The topological polar surface area (TPSA) is 24.5 Å². The number of methoxy groups -OCH3 is 1. The summed E-state index contributed by atoms with van der Waals surface area (Å²) in [7, 11) is 3.50. The molecule has 1 aliphatic rings. The first-order valence-corrected chi connectivity index (χ1v) is 6.45. The van der Waals surface area contributed by atoms with E-state index in [1.165, 1.54) is 7.11 Å². The number of rotatable bonds is 4. The molecule has 0 aliphatic carbocycles. The summed E-state index contributed by atoms with van der Waals surface area (Å²) >= 11 is 0. The molecular formula is C14H21FN2O. The largest absolute Gasteiger partial charge is 0.494 e. The van der Waals surface area contributed by atoms with Gasteiger partial charge in [-0.3, -0.25) is 4.90 Å². The molecule has 0 radical (unpaired) electrons. The lowest BCUT2D eigenvalue weighted by atomic mass is 10.0. The Balaban J connectivity index is 1.92. The maximum Gasteiger partial charge on any atom is 0.165 e. The van der Waals surface area contributed by atoms with Crippen molar-refractivity contribution in [2.45, 2.75) is 25.4 Å². The number of halogens is 1. The van der Waals surface area contributed by atoms with Gasteiger partial charge in [-0.2, -0.15) is 0 Å². The van der Waals surface area contributed by atoms with Crippen molar-refractivity contribution in [2.75, 3.05) is 27.2 Å². The van der Waals surface area contributed by atoms with Crippen LogP contribution in [0, 0.1) is 5.82 Å². The van der Waals surface area contributed by atoms with Crippen molar-refractivity contribution in [3.63, 3.8) is 0 Å². The summed E-state index contributed by atoms with van der Waals surface area (Å²) in [6, 6.07) is 5.84. The summed E-state index contributed by atoms with van der Waals surface area (Å²) in [6.07, 6.45) is 2.32. The lowest BCUT2D eigenvalue weighted by Crippen LogP contribution is -2.40. The highest BCUT2D eigenvalue weighted by molar-refractivity contribution is 5.29. The fraction of sp³-hybridized carbons (Fsp3) is 0.571. The van der Waals surface area contributed by atoms with E-state index in [1.54, 1.807) is 12.1 Å². The van der Waals surface area contributed by atoms with Crippen LogP contribution >= 0.6 is 0 Å². The fourth-order valence-electron chi connectivity index (χ4n) is 2.45. The lowest BCUT2D eigenvalue weighted by molar-refractivity contribution is 0.194. The van der Waals surface area contributed by atoms with Crippen LogP contribution in [0.4, 0.5) is 4.39 Å². The van der Waals surface area contributed by atoms with Gasteiger partial charge in [0.1, 0.15) is 0 Å². The van der Waals surface area contributed by atoms with Crippen molar-refractivity contribution < 1.29 is 9.13 Å². The predicted octanol–water partition coefficient (Wildman–Crippen LogP) is 2.02. The molecule has 2 rings (SSSR count). The molecule has 0 unspecified atom stereocenters. The smallest absolute Gasteiger partial charge is 0.165 e. The Bertz CT molecular complexity index is 389. The number of nitrogens with zero attached hydrogens (tertiary/aromatic N) is 1. The van der Waals surface area contributed by atoms with Crippen molar-refractivity contribution in [1.82, 2.24) is 10.2 Å². The summed E-state index contributed by atoms with van der Waals surface area (Å²) in [5.74, 6) is 0.0350. The molecule has 1 aliphatic heterocycles. The van der Waals surface area contributed by atoms with Gasteiger partial charge in [0, 0.05) is 12.6 Å². The molecule has 1 fully saturated rings. The number of likely N-dealkylation sites (tertiary alicyclic amines) is 1. The van der Waals surface area contributed by atoms with E-state index in [1.807, 2.05) is 13.1 Å². The molecule has 0 atom stereocenters. The third-order valence-corrected chi connectivity index (χ3v) is 3.62. The van der Waals surface area contributed by atoms with E-state index in [0.29, 0.717) is 11.8 Å². The standard InChI is InChI=1S/C14H21FN2O/c1-16-12-5-7-17(8-6-12)10-11-3-4-14(18-2)13(15)9-11/h3-4,9,12,16H,5-8,10H2,1-2H3. The Hall–Kier alpha value is -1.13. The minimum Gasteiger partial charge on any atom is -0.494 e. The van der Waals surface area contributed by atoms with E-state index in [9.17, 15) is 4.39 Å². The number of nitrogens with one attached hydrogen (secondary N) is 1. The quantitative estimate of drug-likeness (QED) is 0.887. The Labute approximate surface area is 108 Å². The second kappa shape index (κ2) is 6.16. The minimum absolute atomic E-state index is 0.278. The molecule has 100 valence electrons. The highest BCUT2D eigenvalue weighted by Gasteiger charge is 2.17. The summed E-state index contributed by atoms with van der Waals surface area (Å²) in [4.78, 5) is 2.37. The normalized spacial score (nSPS) is 17.9. The predicted molar refractivity (Wildman–Crippen MR) is 70.3 cm³/mol. The molecule has 1 saturated heterocycles. The van der Waals surface area contributed by atoms with Crippen molar-refractivity contribution in [1.29, 1.82) is 0 Å². The monoisotopic (exact) mass is 252 g/mol. The SMILES string of the molecule is CNC1CCN(Cc2ccc(OC)c(F)c2)CC1. The molecule has 1 aromatic rings. The van der Waals surface area contributed by atoms with Crippen LogP contribution in [0.15, 0.2) is 18.2 Å². The zero-order chi connectivity index (χ0) is 13.0. The number of hydrogen-bond donors (Lipinski definition) is 1. The maximum atomic E-state index is 13.6. The minimum atomic E-state index is -0.278. The Morgan fingerprint density at radius 2 is 2.11 bits per heavy atom. The second-order valence-corrected chi connectivity index (χ2v) is 4.81. The van der Waals surface area contributed by atoms with Gasteiger partial charge < -0.3 is 10.1 Å². The van der Waals surface area contributed by atoms with Gasteiger partial charge in [0.2, 0.25) is 0 Å². The van der Waals surface area contributed by atoms with Crippen molar-refractivity contribution >= 4 is 0 Å². The van der Waals surface area contributed by atoms with Gasteiger partial charge in [0.05, 0.1) is 7.11 Å². The Morgan fingerprint density at radius 3 is 2.67 bits per heavy atom. The van der Waals surface area contributed by atoms with Crippen LogP contribution in [0.3, 0.4) is 0 Å². The molecule has 0 aromatic heterocycles. The van der Waals surface area contributed by atoms with Gasteiger partial charge in [-0.15, -0.1) is 0 Å². The molecule has 1 N–H and O–H groups in total. The van der Waals surface area contributed by atoms with Crippen LogP contribution < -0.4 is 10.1 Å². The van der Waals surface area contributed by atoms with Crippen LogP contribution in [0.1, 0.15) is 18.4 Å². The number of piperidine rings is 1. The van der Waals surface area contributed by atoms with Crippen LogP contribution in [0.2, 0.25) is 0 Å². The van der Waals surface area contributed by atoms with Gasteiger partial charge in [0.15, 0.2) is 11.6 Å². The molecule has 1 aromatic carbocycles. The summed E-state index contributed by atoms with van der Waals surface area (Å²) in [5.41, 5.74) is 1.01. The van der Waals surface area contributed by atoms with E-state index < -0.39 is 0 Å². The summed E-state index contributed by atoms with van der Waals surface area (Å²) in [5, 5.41) is 3.31. The van der Waals surface area contributed by atoms with Crippen molar-refractivity contribution in [2.24, 2.45) is 0 Å². The molecule has 0 spiro atoms. The molecule has 0 saturated carbocycles. The van der Waals surface area contributed by atoms with Crippen molar-refractivity contribution in [3.8, 4) is 5.75 Å². The third kappa shape index (κ3) is 3.21. The van der Waals surface area contributed by atoms with Crippen LogP contribution in [0.5, 0.6) is 5.75 Å². The molecule has 4 heteroatoms. The average molecular weight is 252 g/mol. The van der Waals surface area contributed by atoms with Gasteiger partial charge in [-0.1, -0.05) is 6.07 Å². The van der Waals surface area contributed by atoms with Crippen LogP contribution in [0.25, 0.3) is 0 Å². The summed E-state index contributed by atoms with van der Waals surface area (Å²) in [6.45, 7) is 2.95. The molecular weight excluding hydrogens is 231 g/mol. The van der Waals surface area contributed by atoms with E-state index >= 15 is 0 Å². The number of hydrogen-bond acceptors (Lipinski definition) is 3. The first-order valence-electron chi connectivity index (χ1n) is 6.45. The van der Waals surface area contributed by atoms with E-state index in [4.69, 9.17) is 4.74 Å². The van der Waals surface area contributed by atoms with E-state index in [0.717, 1.165) is 38.0 Å². The number of benzene rings is 1. The Morgan fingerprint density at radius 1 is 1.39 bits per heavy atom. The zero-order valence-corrected chi connectivity index (χ0v) is 11.1. The average Bonchev–Trinajstić information content (AvgIpc) is 2.40. The van der Waals surface area contributed by atoms with Gasteiger partial charge in [0.25, 0.3) is 0 Å². The van der Waals surface area contributed by atoms with Gasteiger partial charge in [-0.05, 0) is 50.7 Å². The molecule has 3 nitrogen and oxygen atoms in total. The highest BCUT2D eigenvalue weighted by atomic mass is 19.1. The fourth-order valence-corrected chi connectivity index (χ4v) is 2.45. The van der Waals surface area contributed by atoms with Crippen LogP contribution in [-0.2, 0) is 6.54 Å².